The van der Waals surface area contributed by atoms with Crippen LogP contribution in [0, 0.1) is 5.92 Å². The first-order chi connectivity index (χ1) is 12.8. The van der Waals surface area contributed by atoms with E-state index in [1.165, 1.54) is 6.20 Å². The van der Waals surface area contributed by atoms with Gasteiger partial charge in [0.25, 0.3) is 0 Å². The lowest BCUT2D eigenvalue weighted by molar-refractivity contribution is -0.136. The van der Waals surface area contributed by atoms with E-state index in [0.29, 0.717) is 18.5 Å². The maximum Gasteiger partial charge on any atom is 0.418 e. The fraction of sp³-hybridized carbons (Fsp3) is 0.500. The highest BCUT2D eigenvalue weighted by atomic mass is 19.4. The van der Waals surface area contributed by atoms with Crippen molar-refractivity contribution in [3.63, 3.8) is 0 Å². The van der Waals surface area contributed by atoms with Crippen molar-refractivity contribution in [3.8, 4) is 0 Å². The Morgan fingerprint density at radius 1 is 1.22 bits per heavy atom. The van der Waals surface area contributed by atoms with Gasteiger partial charge in [0.05, 0.1) is 11.1 Å². The van der Waals surface area contributed by atoms with E-state index in [1.807, 2.05) is 0 Å². The van der Waals surface area contributed by atoms with Gasteiger partial charge in [-0.15, -0.1) is 0 Å². The van der Waals surface area contributed by atoms with Crippen LogP contribution in [0.5, 0.6) is 0 Å². The first-order valence-corrected chi connectivity index (χ1v) is 9.33. The van der Waals surface area contributed by atoms with Crippen molar-refractivity contribution in [2.75, 3.05) is 13.1 Å². The molecule has 1 saturated carbocycles. The van der Waals surface area contributed by atoms with Crippen LogP contribution >= 0.6 is 0 Å². The largest absolute Gasteiger partial charge is 0.418 e. The fourth-order valence-corrected chi connectivity index (χ4v) is 4.02. The number of aromatic nitrogens is 1. The van der Waals surface area contributed by atoms with Crippen LogP contribution in [0.25, 0.3) is 10.9 Å². The monoisotopic (exact) mass is 377 g/mol. The molecule has 2 aliphatic rings. The number of carbonyl (C=O) groups excluding carboxylic acids is 1. The first kappa shape index (κ1) is 18.1. The van der Waals surface area contributed by atoms with E-state index in [4.69, 9.17) is 0 Å². The molecule has 1 aromatic carbocycles. The van der Waals surface area contributed by atoms with Crippen LogP contribution in [0.3, 0.4) is 0 Å². The number of likely N-dealkylation sites (tertiary alicyclic amines) is 1. The predicted molar refractivity (Wildman–Crippen MR) is 96.4 cm³/mol. The molecule has 7 heteroatoms. The van der Waals surface area contributed by atoms with E-state index in [0.717, 1.165) is 30.9 Å². The van der Waals surface area contributed by atoms with Crippen molar-refractivity contribution in [1.29, 1.82) is 0 Å². The minimum Gasteiger partial charge on any atom is -0.335 e. The second-order valence-corrected chi connectivity index (χ2v) is 7.77. The third-order valence-electron chi connectivity index (χ3n) is 5.40. The summed E-state index contributed by atoms with van der Waals surface area (Å²) in [6.07, 6.45) is -0.175. The Morgan fingerprint density at radius 2 is 2.00 bits per heavy atom. The first-order valence-electron chi connectivity index (χ1n) is 9.33. The Kier molecular flexibility index (Phi) is 4.48. The number of carbonyl (C=O) groups is 1. The summed E-state index contributed by atoms with van der Waals surface area (Å²) in [5, 5.41) is 3.53. The maximum atomic E-state index is 13.3. The molecule has 2 atom stereocenters. The lowest BCUT2D eigenvalue weighted by Crippen LogP contribution is -2.48. The van der Waals surface area contributed by atoms with Crippen molar-refractivity contribution >= 4 is 16.9 Å². The Labute approximate surface area is 155 Å². The number of hydrogen-bond donors (Lipinski definition) is 1. The lowest BCUT2D eigenvalue weighted by Gasteiger charge is -2.37. The summed E-state index contributed by atoms with van der Waals surface area (Å²) >= 11 is 0. The van der Waals surface area contributed by atoms with Crippen LogP contribution in [0.2, 0.25) is 0 Å². The molecule has 144 valence electrons. The van der Waals surface area contributed by atoms with Gasteiger partial charge in [0.2, 0.25) is 0 Å². The number of nitrogens with one attached hydrogen (secondary N) is 1. The molecular formula is C20H22F3N3O. The number of piperidine rings is 1. The SMILES string of the molecule is CC1C[C@@H](c2ccc(C(F)(F)F)c3ncccc23)CN(C(=O)NC2CC2)C1. The van der Waals surface area contributed by atoms with Crippen molar-refractivity contribution < 1.29 is 18.0 Å². The zero-order chi connectivity index (χ0) is 19.2. The van der Waals surface area contributed by atoms with Crippen LogP contribution in [-0.2, 0) is 6.18 Å². The minimum absolute atomic E-state index is 0.00677. The molecule has 0 radical (unpaired) electrons. The third-order valence-corrected chi connectivity index (χ3v) is 5.40. The Bertz CT molecular complexity index is 863. The molecule has 0 bridgehead atoms. The van der Waals surface area contributed by atoms with Crippen molar-refractivity contribution in [2.24, 2.45) is 5.92 Å². The van der Waals surface area contributed by atoms with E-state index in [1.54, 1.807) is 23.1 Å². The van der Waals surface area contributed by atoms with Crippen molar-refractivity contribution in [3.05, 3.63) is 41.6 Å². The van der Waals surface area contributed by atoms with Gasteiger partial charge in [-0.3, -0.25) is 4.98 Å². The summed E-state index contributed by atoms with van der Waals surface area (Å²) in [7, 11) is 0. The number of urea groups is 1. The number of pyridine rings is 1. The molecule has 1 N–H and O–H groups in total. The van der Waals surface area contributed by atoms with Gasteiger partial charge < -0.3 is 10.2 Å². The number of amides is 2. The summed E-state index contributed by atoms with van der Waals surface area (Å²) < 4.78 is 40.0. The second-order valence-electron chi connectivity index (χ2n) is 7.77. The Balaban J connectivity index is 1.67. The normalized spacial score (nSPS) is 23.5. The quantitative estimate of drug-likeness (QED) is 0.834. The number of halogens is 3. The number of alkyl halides is 3. The van der Waals surface area contributed by atoms with Gasteiger partial charge in [0.1, 0.15) is 0 Å². The maximum absolute atomic E-state index is 13.3. The molecule has 1 aliphatic carbocycles. The Hall–Kier alpha value is -2.31. The molecule has 1 saturated heterocycles. The molecule has 2 fully saturated rings. The van der Waals surface area contributed by atoms with Gasteiger partial charge >= 0.3 is 12.2 Å². The van der Waals surface area contributed by atoms with Crippen molar-refractivity contribution in [2.45, 2.75) is 44.3 Å². The second kappa shape index (κ2) is 6.69. The van der Waals surface area contributed by atoms with Gasteiger partial charge in [0.15, 0.2) is 0 Å². The van der Waals surface area contributed by atoms with Gasteiger partial charge in [-0.25, -0.2) is 4.79 Å². The fourth-order valence-electron chi connectivity index (χ4n) is 4.02. The summed E-state index contributed by atoms with van der Waals surface area (Å²) in [6, 6.07) is 6.26. The molecule has 2 aromatic rings. The van der Waals surface area contributed by atoms with Gasteiger partial charge in [0, 0.05) is 36.6 Å². The molecule has 4 nitrogen and oxygen atoms in total. The summed E-state index contributed by atoms with van der Waals surface area (Å²) in [4.78, 5) is 18.3. The average Bonchev–Trinajstić information content (AvgIpc) is 3.43. The van der Waals surface area contributed by atoms with Crippen LogP contribution in [0.15, 0.2) is 30.5 Å². The predicted octanol–water partition coefficient (Wildman–Crippen LogP) is 4.55. The number of nitrogens with zero attached hydrogens (tertiary/aromatic N) is 2. The zero-order valence-electron chi connectivity index (χ0n) is 15.1. The Morgan fingerprint density at radius 3 is 2.70 bits per heavy atom. The smallest absolute Gasteiger partial charge is 0.335 e. The highest BCUT2D eigenvalue weighted by molar-refractivity contribution is 5.86. The van der Waals surface area contributed by atoms with Crippen molar-refractivity contribution in [1.82, 2.24) is 15.2 Å². The van der Waals surface area contributed by atoms with E-state index in [2.05, 4.69) is 17.2 Å². The average molecular weight is 377 g/mol. The molecular weight excluding hydrogens is 355 g/mol. The minimum atomic E-state index is -4.44. The van der Waals surface area contributed by atoms with Crippen LogP contribution in [-0.4, -0.2) is 35.0 Å². The third kappa shape index (κ3) is 3.73. The van der Waals surface area contributed by atoms with Crippen LogP contribution in [0.4, 0.5) is 18.0 Å². The van der Waals surface area contributed by atoms with Crippen LogP contribution in [0.1, 0.15) is 43.2 Å². The topological polar surface area (TPSA) is 45.2 Å². The van der Waals surface area contributed by atoms with E-state index in [-0.39, 0.29) is 29.4 Å². The van der Waals surface area contributed by atoms with Crippen LogP contribution < -0.4 is 5.32 Å². The summed E-state index contributed by atoms with van der Waals surface area (Å²) in [5.74, 6) is 0.274. The number of rotatable bonds is 2. The zero-order valence-corrected chi connectivity index (χ0v) is 15.1. The summed E-state index contributed by atoms with van der Waals surface area (Å²) in [6.45, 7) is 3.26. The molecule has 0 spiro atoms. The molecule has 1 aliphatic heterocycles. The molecule has 1 aromatic heterocycles. The van der Waals surface area contributed by atoms with E-state index in [9.17, 15) is 18.0 Å². The van der Waals surface area contributed by atoms with Gasteiger partial charge in [-0.05, 0) is 42.9 Å². The number of fused-ring (bicyclic) bond motifs is 1. The number of benzene rings is 1. The standard InChI is InChI=1S/C20H22F3N3O/c1-12-9-13(11-26(10-12)19(27)25-14-4-5-14)15-6-7-17(20(21,22)23)18-16(15)3-2-8-24-18/h2-3,6-8,12-14H,4-5,9-11H2,1H3,(H,25,27)/t12?,13-/m1/s1. The summed E-state index contributed by atoms with van der Waals surface area (Å²) in [5.41, 5.74) is 0.102. The molecule has 2 heterocycles. The highest BCUT2D eigenvalue weighted by Gasteiger charge is 2.36. The molecule has 27 heavy (non-hydrogen) atoms. The molecule has 4 rings (SSSR count). The lowest BCUT2D eigenvalue weighted by atomic mass is 9.83. The molecule has 1 unspecified atom stereocenters. The highest BCUT2D eigenvalue weighted by Crippen LogP contribution is 2.39. The number of hydrogen-bond acceptors (Lipinski definition) is 2. The van der Waals surface area contributed by atoms with E-state index >= 15 is 0 Å². The van der Waals surface area contributed by atoms with E-state index < -0.39 is 11.7 Å². The molecule has 2 amide bonds. The van der Waals surface area contributed by atoms with Gasteiger partial charge in [-0.1, -0.05) is 19.1 Å². The van der Waals surface area contributed by atoms with Gasteiger partial charge in [-0.2, -0.15) is 13.2 Å².